The van der Waals surface area contributed by atoms with Gasteiger partial charge in [-0.1, -0.05) is 30.1 Å². The molecule has 0 aliphatic heterocycles. The second kappa shape index (κ2) is 4.68. The van der Waals surface area contributed by atoms with E-state index < -0.39 is 0 Å². The van der Waals surface area contributed by atoms with Crippen LogP contribution in [0.1, 0.15) is 12.0 Å². The third-order valence-electron chi connectivity index (χ3n) is 1.51. The number of aryl methyl sites for hydroxylation is 1. The topological polar surface area (TPSA) is 0 Å². The first-order chi connectivity index (χ1) is 5.65. The third kappa shape index (κ3) is 2.51. The van der Waals surface area contributed by atoms with E-state index in [9.17, 15) is 0 Å². The molecule has 65 valence electrons. The van der Waals surface area contributed by atoms with Gasteiger partial charge in [0, 0.05) is 0 Å². The molecule has 0 fully saturated rings. The van der Waals surface area contributed by atoms with E-state index in [2.05, 4.69) is 29.5 Å². The van der Waals surface area contributed by atoms with E-state index in [0.717, 1.165) is 32.0 Å². The zero-order valence-electron chi connectivity index (χ0n) is 6.41. The second-order valence-electron chi connectivity index (χ2n) is 2.48. The summed E-state index contributed by atoms with van der Waals surface area (Å²) in [6.07, 6.45) is 1.80. The van der Waals surface area contributed by atoms with Gasteiger partial charge in [0.2, 0.25) is 0 Å². The predicted octanol–water partition coefficient (Wildman–Crippen LogP) is 4.36. The summed E-state index contributed by atoms with van der Waals surface area (Å²) in [4.78, 5) is 0. The smallest absolute Gasteiger partial charge is 0.0557 e. The molecule has 0 aliphatic rings. The van der Waals surface area contributed by atoms with Crippen molar-refractivity contribution in [2.24, 2.45) is 0 Å². The molecule has 1 radical (unpaired) electrons. The quantitative estimate of drug-likeness (QED) is 0.562. The summed E-state index contributed by atoms with van der Waals surface area (Å²) in [6.45, 7) is 3.77. The minimum absolute atomic E-state index is 0.728. The predicted molar refractivity (Wildman–Crippen MR) is 62.9 cm³/mol. The summed E-state index contributed by atoms with van der Waals surface area (Å²) in [5.41, 5.74) is 1.15. The fraction of sp³-hybridized carbons (Fsp3) is 0.222. The van der Waals surface area contributed by atoms with E-state index >= 15 is 0 Å². The van der Waals surface area contributed by atoms with Crippen LogP contribution in [0, 0.1) is 10.5 Å². The monoisotopic (exact) mass is 313 g/mol. The van der Waals surface area contributed by atoms with Gasteiger partial charge in [-0.15, -0.1) is 0 Å². The van der Waals surface area contributed by atoms with Crippen LogP contribution in [0.4, 0.5) is 0 Å². The van der Waals surface area contributed by atoms with Crippen LogP contribution in [0.25, 0.3) is 0 Å². The minimum Gasteiger partial charge on any atom is -0.0831 e. The zero-order chi connectivity index (χ0) is 9.14. The Balaban J connectivity index is 3.04. The Morgan fingerprint density at radius 3 is 2.17 bits per heavy atom. The van der Waals surface area contributed by atoms with Crippen molar-refractivity contribution in [1.82, 2.24) is 0 Å². The van der Waals surface area contributed by atoms with Crippen molar-refractivity contribution < 1.29 is 0 Å². The fourth-order valence-electron chi connectivity index (χ4n) is 0.956. The third-order valence-corrected chi connectivity index (χ3v) is 3.91. The first-order valence-corrected chi connectivity index (χ1v) is 5.41. The Bertz CT molecular complexity index is 261. The van der Waals surface area contributed by atoms with Crippen LogP contribution >= 0.6 is 45.8 Å². The van der Waals surface area contributed by atoms with Crippen LogP contribution in [0.5, 0.6) is 0 Å². The molecule has 0 aromatic heterocycles. The van der Waals surface area contributed by atoms with Crippen LogP contribution in [0.2, 0.25) is 10.0 Å². The molecule has 0 nitrogen and oxygen atoms in total. The number of hydrogen-bond acceptors (Lipinski definition) is 0. The van der Waals surface area contributed by atoms with Gasteiger partial charge in [-0.25, -0.2) is 0 Å². The van der Waals surface area contributed by atoms with Gasteiger partial charge in [-0.3, -0.25) is 0 Å². The molecule has 0 heterocycles. The lowest BCUT2D eigenvalue weighted by molar-refractivity contribution is 0.999. The van der Waals surface area contributed by atoms with Crippen LogP contribution in [-0.2, 0) is 6.42 Å². The summed E-state index contributed by atoms with van der Waals surface area (Å²) < 4.78 is 0.920. The first-order valence-electron chi connectivity index (χ1n) is 3.58. The van der Waals surface area contributed by atoms with Gasteiger partial charge < -0.3 is 0 Å². The summed E-state index contributed by atoms with van der Waals surface area (Å²) in [5, 5.41) is 1.46. The molecular formula is C9H8Cl2I. The number of benzene rings is 1. The van der Waals surface area contributed by atoms with Crippen molar-refractivity contribution in [1.29, 1.82) is 0 Å². The largest absolute Gasteiger partial charge is 0.0831 e. The van der Waals surface area contributed by atoms with Crippen molar-refractivity contribution in [3.8, 4) is 0 Å². The number of halogens is 3. The maximum atomic E-state index is 5.94. The van der Waals surface area contributed by atoms with Crippen molar-refractivity contribution in [2.45, 2.75) is 12.8 Å². The van der Waals surface area contributed by atoms with Crippen molar-refractivity contribution in [2.75, 3.05) is 0 Å². The average molecular weight is 314 g/mol. The molecular weight excluding hydrogens is 306 g/mol. The molecule has 0 atom stereocenters. The van der Waals surface area contributed by atoms with E-state index in [4.69, 9.17) is 23.2 Å². The van der Waals surface area contributed by atoms with E-state index in [1.165, 1.54) is 0 Å². The van der Waals surface area contributed by atoms with E-state index in [-0.39, 0.29) is 0 Å². The summed E-state index contributed by atoms with van der Waals surface area (Å²) in [7, 11) is 0. The zero-order valence-corrected chi connectivity index (χ0v) is 10.1. The summed E-state index contributed by atoms with van der Waals surface area (Å²) in [6, 6.07) is 3.89. The molecule has 1 aromatic carbocycles. The summed E-state index contributed by atoms with van der Waals surface area (Å²) in [5.74, 6) is 0. The highest BCUT2D eigenvalue weighted by atomic mass is 127. The lowest BCUT2D eigenvalue weighted by Gasteiger charge is -2.03. The van der Waals surface area contributed by atoms with Crippen LogP contribution < -0.4 is 0 Å². The molecule has 0 N–H and O–H groups in total. The van der Waals surface area contributed by atoms with E-state index in [1.54, 1.807) is 0 Å². The Morgan fingerprint density at radius 1 is 1.25 bits per heavy atom. The van der Waals surface area contributed by atoms with E-state index in [1.807, 2.05) is 12.1 Å². The molecule has 1 aromatic rings. The number of rotatable bonds is 2. The Morgan fingerprint density at radius 2 is 1.75 bits per heavy atom. The Hall–Kier alpha value is 0.530. The molecule has 3 heteroatoms. The molecule has 0 unspecified atom stereocenters. The molecule has 0 bridgehead atoms. The van der Waals surface area contributed by atoms with Gasteiger partial charge in [0.1, 0.15) is 0 Å². The Labute approximate surface area is 96.4 Å². The fourth-order valence-corrected chi connectivity index (χ4v) is 1.80. The average Bonchev–Trinajstić information content (AvgIpc) is 2.01. The van der Waals surface area contributed by atoms with Gasteiger partial charge in [0.25, 0.3) is 0 Å². The highest BCUT2D eigenvalue weighted by molar-refractivity contribution is 14.1. The molecule has 0 aliphatic carbocycles. The Kier molecular flexibility index (Phi) is 4.14. The van der Waals surface area contributed by atoms with Gasteiger partial charge in [0.05, 0.1) is 13.6 Å². The summed E-state index contributed by atoms with van der Waals surface area (Å²) >= 11 is 14.0. The van der Waals surface area contributed by atoms with Gasteiger partial charge in [-0.2, -0.15) is 0 Å². The molecule has 0 saturated heterocycles. The van der Waals surface area contributed by atoms with Crippen LogP contribution in [-0.4, -0.2) is 0 Å². The number of hydrogen-bond donors (Lipinski definition) is 0. The molecule has 1 rings (SSSR count). The van der Waals surface area contributed by atoms with Crippen molar-refractivity contribution >= 4 is 45.8 Å². The standard InChI is InChI=1S/C9H8Cl2I/c1-2-3-6-4-7(10)9(12)8(11)5-6/h4-5H,1-3H2. The van der Waals surface area contributed by atoms with Crippen molar-refractivity contribution in [3.63, 3.8) is 0 Å². The normalized spacial score (nSPS) is 10.3. The highest BCUT2D eigenvalue weighted by Gasteiger charge is 2.04. The van der Waals surface area contributed by atoms with Gasteiger partial charge >= 0.3 is 0 Å². The maximum Gasteiger partial charge on any atom is 0.0557 e. The molecule has 12 heavy (non-hydrogen) atoms. The highest BCUT2D eigenvalue weighted by Crippen LogP contribution is 2.28. The van der Waals surface area contributed by atoms with Gasteiger partial charge in [0.15, 0.2) is 0 Å². The molecule has 0 spiro atoms. The lowest BCUT2D eigenvalue weighted by Crippen LogP contribution is -1.86. The molecule has 0 amide bonds. The van der Waals surface area contributed by atoms with Crippen molar-refractivity contribution in [3.05, 3.63) is 38.2 Å². The maximum absolute atomic E-state index is 5.94. The molecule has 0 saturated carbocycles. The van der Waals surface area contributed by atoms with Crippen LogP contribution in [0.15, 0.2) is 12.1 Å². The minimum atomic E-state index is 0.728. The van der Waals surface area contributed by atoms with Gasteiger partial charge in [-0.05, 0) is 53.1 Å². The van der Waals surface area contributed by atoms with E-state index in [0.29, 0.717) is 0 Å². The lowest BCUT2D eigenvalue weighted by atomic mass is 10.1. The second-order valence-corrected chi connectivity index (χ2v) is 4.37. The van der Waals surface area contributed by atoms with Crippen LogP contribution in [0.3, 0.4) is 0 Å². The SMILES string of the molecule is [CH2]CCc1cc(Cl)c(I)c(Cl)c1. The first kappa shape index (κ1) is 10.6.